The Bertz CT molecular complexity index is 610. The molecule has 6 heteroatoms. The van der Waals surface area contributed by atoms with Crippen LogP contribution in [0.15, 0.2) is 24.3 Å². The normalized spacial score (nSPS) is 20.3. The van der Waals surface area contributed by atoms with Gasteiger partial charge in [-0.05, 0) is 37.6 Å². The second kappa shape index (κ2) is 6.81. The summed E-state index contributed by atoms with van der Waals surface area (Å²) in [5, 5.41) is 9.18. The van der Waals surface area contributed by atoms with Gasteiger partial charge < -0.3 is 14.7 Å². The van der Waals surface area contributed by atoms with Gasteiger partial charge in [0.05, 0.1) is 12.5 Å². The smallest absolute Gasteiger partial charge is 0.311 e. The van der Waals surface area contributed by atoms with E-state index in [0.29, 0.717) is 24.3 Å². The SMILES string of the molecule is COc1ccc(C(=O)CCC(=O)N2CCC(C)(C(=O)O)C2)cc1. The lowest BCUT2D eigenvalue weighted by Crippen LogP contribution is -2.34. The van der Waals surface area contributed by atoms with Crippen LogP contribution in [0.3, 0.4) is 0 Å². The van der Waals surface area contributed by atoms with E-state index >= 15 is 0 Å². The molecule has 0 aromatic heterocycles. The second-order valence-corrected chi connectivity index (χ2v) is 6.08. The number of rotatable bonds is 6. The summed E-state index contributed by atoms with van der Waals surface area (Å²) < 4.78 is 5.03. The average Bonchev–Trinajstić information content (AvgIpc) is 2.96. The van der Waals surface area contributed by atoms with Gasteiger partial charge in [-0.15, -0.1) is 0 Å². The van der Waals surface area contributed by atoms with Gasteiger partial charge in [0.1, 0.15) is 5.75 Å². The molecule has 1 atom stereocenters. The zero-order valence-electron chi connectivity index (χ0n) is 13.4. The van der Waals surface area contributed by atoms with Crippen molar-refractivity contribution >= 4 is 17.7 Å². The third-order valence-corrected chi connectivity index (χ3v) is 4.32. The van der Waals surface area contributed by atoms with Crippen LogP contribution in [0.1, 0.15) is 36.5 Å². The van der Waals surface area contributed by atoms with Gasteiger partial charge >= 0.3 is 5.97 Å². The first-order valence-corrected chi connectivity index (χ1v) is 7.54. The fourth-order valence-electron chi connectivity index (χ4n) is 2.65. The molecule has 1 heterocycles. The number of nitrogens with zero attached hydrogens (tertiary/aromatic N) is 1. The summed E-state index contributed by atoms with van der Waals surface area (Å²) >= 11 is 0. The molecule has 1 aromatic carbocycles. The largest absolute Gasteiger partial charge is 0.497 e. The van der Waals surface area contributed by atoms with Gasteiger partial charge in [-0.1, -0.05) is 0 Å². The van der Waals surface area contributed by atoms with Crippen molar-refractivity contribution in [2.75, 3.05) is 20.2 Å². The Kier molecular flexibility index (Phi) is 5.03. The van der Waals surface area contributed by atoms with Crippen molar-refractivity contribution in [2.45, 2.75) is 26.2 Å². The van der Waals surface area contributed by atoms with E-state index < -0.39 is 11.4 Å². The lowest BCUT2D eigenvalue weighted by molar-refractivity contribution is -0.147. The van der Waals surface area contributed by atoms with E-state index in [1.165, 1.54) is 4.90 Å². The molecule has 0 aliphatic carbocycles. The maximum absolute atomic E-state index is 12.2. The molecule has 6 nitrogen and oxygen atoms in total. The van der Waals surface area contributed by atoms with Crippen LogP contribution >= 0.6 is 0 Å². The van der Waals surface area contributed by atoms with Crippen LogP contribution in [0.2, 0.25) is 0 Å². The maximum Gasteiger partial charge on any atom is 0.311 e. The first-order valence-electron chi connectivity index (χ1n) is 7.54. The van der Waals surface area contributed by atoms with Gasteiger partial charge in [0.2, 0.25) is 5.91 Å². The van der Waals surface area contributed by atoms with E-state index in [0.717, 1.165) is 0 Å². The molecule has 0 saturated carbocycles. The molecule has 1 saturated heterocycles. The number of carbonyl (C=O) groups is 3. The number of ether oxygens (including phenoxy) is 1. The Labute approximate surface area is 135 Å². The number of methoxy groups -OCH3 is 1. The predicted octanol–water partition coefficient (Wildman–Crippen LogP) is 1.98. The van der Waals surface area contributed by atoms with Crippen molar-refractivity contribution in [3.8, 4) is 5.75 Å². The van der Waals surface area contributed by atoms with Crippen LogP contribution in [-0.4, -0.2) is 47.9 Å². The summed E-state index contributed by atoms with van der Waals surface area (Å²) in [5.74, 6) is -0.497. The van der Waals surface area contributed by atoms with Gasteiger partial charge in [0.15, 0.2) is 5.78 Å². The molecule has 2 rings (SSSR count). The molecular weight excluding hydrogens is 298 g/mol. The number of amides is 1. The molecule has 1 unspecified atom stereocenters. The van der Waals surface area contributed by atoms with Crippen molar-refractivity contribution in [2.24, 2.45) is 5.41 Å². The first-order chi connectivity index (χ1) is 10.9. The molecule has 23 heavy (non-hydrogen) atoms. The van der Waals surface area contributed by atoms with Crippen LogP contribution in [0, 0.1) is 5.41 Å². The van der Waals surface area contributed by atoms with E-state index in [1.807, 2.05) is 0 Å². The van der Waals surface area contributed by atoms with Crippen molar-refractivity contribution < 1.29 is 24.2 Å². The van der Waals surface area contributed by atoms with Gasteiger partial charge in [-0.2, -0.15) is 0 Å². The second-order valence-electron chi connectivity index (χ2n) is 6.08. The molecule has 1 aliphatic rings. The number of hydrogen-bond donors (Lipinski definition) is 1. The van der Waals surface area contributed by atoms with Crippen molar-refractivity contribution in [1.82, 2.24) is 4.90 Å². The average molecular weight is 319 g/mol. The Morgan fingerprint density at radius 1 is 1.22 bits per heavy atom. The summed E-state index contributed by atoms with van der Waals surface area (Å²) in [7, 11) is 1.55. The molecule has 0 bridgehead atoms. The number of ketones is 1. The number of Topliss-reactive ketones (excluding diaryl/α,β-unsaturated/α-hetero) is 1. The van der Waals surface area contributed by atoms with Crippen LogP contribution in [0.4, 0.5) is 0 Å². The number of carbonyl (C=O) groups excluding carboxylic acids is 2. The summed E-state index contributed by atoms with van der Waals surface area (Å²) in [5.41, 5.74) is -0.342. The number of benzene rings is 1. The summed E-state index contributed by atoms with van der Waals surface area (Å²) in [6.07, 6.45) is 0.659. The van der Waals surface area contributed by atoms with Crippen LogP contribution in [0.5, 0.6) is 5.75 Å². The molecule has 0 spiro atoms. The predicted molar refractivity (Wildman–Crippen MR) is 83.5 cm³/mol. The molecule has 1 fully saturated rings. The third-order valence-electron chi connectivity index (χ3n) is 4.32. The molecule has 124 valence electrons. The quantitative estimate of drug-likeness (QED) is 0.811. The van der Waals surface area contributed by atoms with Gasteiger partial charge in [0.25, 0.3) is 0 Å². The van der Waals surface area contributed by atoms with E-state index in [4.69, 9.17) is 4.74 Å². The lowest BCUT2D eigenvalue weighted by atomic mass is 9.90. The zero-order chi connectivity index (χ0) is 17.0. The number of carboxylic acids is 1. The standard InChI is InChI=1S/C17H21NO5/c1-17(16(21)22)9-10-18(11-17)15(20)8-7-14(19)12-3-5-13(23-2)6-4-12/h3-6H,7-11H2,1-2H3,(H,21,22). The minimum absolute atomic E-state index is 0.0978. The van der Waals surface area contributed by atoms with Crippen LogP contribution in [-0.2, 0) is 9.59 Å². The van der Waals surface area contributed by atoms with Gasteiger partial charge in [0, 0.05) is 31.5 Å². The molecular formula is C17H21NO5. The Hall–Kier alpha value is -2.37. The monoisotopic (exact) mass is 319 g/mol. The highest BCUT2D eigenvalue weighted by Gasteiger charge is 2.41. The molecule has 1 amide bonds. The Morgan fingerprint density at radius 2 is 1.87 bits per heavy atom. The van der Waals surface area contributed by atoms with Crippen molar-refractivity contribution in [1.29, 1.82) is 0 Å². The van der Waals surface area contributed by atoms with Crippen molar-refractivity contribution in [3.63, 3.8) is 0 Å². The van der Waals surface area contributed by atoms with E-state index in [9.17, 15) is 19.5 Å². The van der Waals surface area contributed by atoms with Crippen LogP contribution in [0.25, 0.3) is 0 Å². The minimum atomic E-state index is -0.887. The fraction of sp³-hybridized carbons (Fsp3) is 0.471. The summed E-state index contributed by atoms with van der Waals surface area (Å²) in [6.45, 7) is 2.28. The highest BCUT2D eigenvalue weighted by atomic mass is 16.5. The molecule has 1 aromatic rings. The lowest BCUT2D eigenvalue weighted by Gasteiger charge is -2.20. The molecule has 1 aliphatic heterocycles. The third kappa shape index (κ3) is 3.88. The fourth-order valence-corrected chi connectivity index (χ4v) is 2.65. The minimum Gasteiger partial charge on any atom is -0.497 e. The Morgan fingerprint density at radius 3 is 2.39 bits per heavy atom. The molecule has 0 radical (unpaired) electrons. The Balaban J connectivity index is 1.87. The van der Waals surface area contributed by atoms with E-state index in [-0.39, 0.29) is 31.1 Å². The summed E-state index contributed by atoms with van der Waals surface area (Å²) in [6, 6.07) is 6.74. The van der Waals surface area contributed by atoms with Gasteiger partial charge in [-0.3, -0.25) is 14.4 Å². The van der Waals surface area contributed by atoms with Gasteiger partial charge in [-0.25, -0.2) is 0 Å². The van der Waals surface area contributed by atoms with E-state index in [2.05, 4.69) is 0 Å². The highest BCUT2D eigenvalue weighted by molar-refractivity contribution is 5.98. The number of likely N-dealkylation sites (tertiary alicyclic amines) is 1. The number of hydrogen-bond acceptors (Lipinski definition) is 4. The van der Waals surface area contributed by atoms with Crippen molar-refractivity contribution in [3.05, 3.63) is 29.8 Å². The first kappa shape index (κ1) is 17.0. The zero-order valence-corrected chi connectivity index (χ0v) is 13.4. The maximum atomic E-state index is 12.2. The van der Waals surface area contributed by atoms with Crippen LogP contribution < -0.4 is 4.74 Å². The molecule has 1 N–H and O–H groups in total. The highest BCUT2D eigenvalue weighted by Crippen LogP contribution is 2.30. The number of carboxylic acid groups (broad SMARTS) is 1. The van der Waals surface area contributed by atoms with E-state index in [1.54, 1.807) is 38.3 Å². The summed E-state index contributed by atoms with van der Waals surface area (Å²) in [4.78, 5) is 37.0. The topological polar surface area (TPSA) is 83.9 Å². The number of aliphatic carboxylic acids is 1.